The monoisotopic (exact) mass is 314 g/mol. The molecule has 1 fully saturated rings. The summed E-state index contributed by atoms with van der Waals surface area (Å²) in [5, 5.41) is 8.95. The maximum atomic E-state index is 10.9. The Bertz CT molecular complexity index is 704. The van der Waals surface area contributed by atoms with Gasteiger partial charge in [-0.05, 0) is 43.7 Å². The van der Waals surface area contributed by atoms with Gasteiger partial charge in [-0.1, -0.05) is 23.8 Å². The van der Waals surface area contributed by atoms with Gasteiger partial charge in [0.1, 0.15) is 6.26 Å². The summed E-state index contributed by atoms with van der Waals surface area (Å²) in [5.74, 6) is 0.158. The second-order valence-corrected chi connectivity index (χ2v) is 6.47. The van der Waals surface area contributed by atoms with Crippen molar-refractivity contribution >= 4 is 5.97 Å². The summed E-state index contributed by atoms with van der Waals surface area (Å²) < 4.78 is 5.32. The molecular formula is C18H22N2O3. The highest BCUT2D eigenvalue weighted by molar-refractivity contribution is 5.84. The minimum Gasteiger partial charge on any atom is -0.476 e. The molecule has 0 bridgehead atoms. The van der Waals surface area contributed by atoms with Crippen molar-refractivity contribution < 1.29 is 14.3 Å². The van der Waals surface area contributed by atoms with Crippen LogP contribution in [0.1, 0.15) is 45.9 Å². The number of oxazole rings is 1. The first kappa shape index (κ1) is 15.7. The van der Waals surface area contributed by atoms with Crippen LogP contribution in [0, 0.1) is 19.8 Å². The SMILES string of the molecule is Cc1ccc(C)c(CN(Cc2nc(C(=O)O)co2)CC2CC2)c1. The molecule has 1 aliphatic carbocycles. The Hall–Kier alpha value is -2.14. The third kappa shape index (κ3) is 4.20. The Morgan fingerprint density at radius 3 is 2.78 bits per heavy atom. The number of aryl methyl sites for hydroxylation is 2. The molecule has 2 aromatic rings. The number of hydrogen-bond acceptors (Lipinski definition) is 4. The van der Waals surface area contributed by atoms with E-state index in [0.717, 1.165) is 19.0 Å². The van der Waals surface area contributed by atoms with E-state index in [-0.39, 0.29) is 5.69 Å². The van der Waals surface area contributed by atoms with E-state index < -0.39 is 5.97 Å². The summed E-state index contributed by atoms with van der Waals surface area (Å²) in [6, 6.07) is 6.48. The highest BCUT2D eigenvalue weighted by Crippen LogP contribution is 2.31. The molecule has 1 aromatic heterocycles. The fourth-order valence-electron chi connectivity index (χ4n) is 2.74. The predicted molar refractivity (Wildman–Crippen MR) is 86.2 cm³/mol. The van der Waals surface area contributed by atoms with Gasteiger partial charge in [-0.3, -0.25) is 4.90 Å². The third-order valence-corrected chi connectivity index (χ3v) is 4.24. The largest absolute Gasteiger partial charge is 0.476 e. The quantitative estimate of drug-likeness (QED) is 0.848. The van der Waals surface area contributed by atoms with Crippen LogP contribution in [0.5, 0.6) is 0 Å². The molecule has 1 aliphatic rings. The molecule has 5 heteroatoms. The maximum Gasteiger partial charge on any atom is 0.357 e. The van der Waals surface area contributed by atoms with Crippen molar-refractivity contribution in [1.29, 1.82) is 0 Å². The molecule has 0 aliphatic heterocycles. The van der Waals surface area contributed by atoms with E-state index in [1.54, 1.807) is 0 Å². The van der Waals surface area contributed by atoms with Gasteiger partial charge in [0.15, 0.2) is 5.69 Å². The van der Waals surface area contributed by atoms with E-state index in [1.165, 1.54) is 35.8 Å². The molecule has 23 heavy (non-hydrogen) atoms. The number of aromatic carboxylic acids is 1. The zero-order chi connectivity index (χ0) is 16.4. The minimum atomic E-state index is -1.05. The first-order valence-electron chi connectivity index (χ1n) is 7.97. The van der Waals surface area contributed by atoms with Crippen LogP contribution in [-0.2, 0) is 13.1 Å². The van der Waals surface area contributed by atoms with E-state index >= 15 is 0 Å². The van der Waals surface area contributed by atoms with Crippen molar-refractivity contribution in [3.8, 4) is 0 Å². The van der Waals surface area contributed by atoms with Gasteiger partial charge < -0.3 is 9.52 Å². The van der Waals surface area contributed by atoms with Gasteiger partial charge in [-0.25, -0.2) is 9.78 Å². The van der Waals surface area contributed by atoms with Crippen LogP contribution >= 0.6 is 0 Å². The van der Waals surface area contributed by atoms with Gasteiger partial charge in [0.05, 0.1) is 6.54 Å². The molecule has 122 valence electrons. The number of nitrogens with zero attached hydrogens (tertiary/aromatic N) is 2. The average molecular weight is 314 g/mol. The highest BCUT2D eigenvalue weighted by atomic mass is 16.4. The summed E-state index contributed by atoms with van der Waals surface area (Å²) in [4.78, 5) is 17.3. The molecule has 1 saturated carbocycles. The van der Waals surface area contributed by atoms with Crippen LogP contribution in [-0.4, -0.2) is 27.5 Å². The third-order valence-electron chi connectivity index (χ3n) is 4.24. The fraction of sp³-hybridized carbons (Fsp3) is 0.444. The minimum absolute atomic E-state index is 0.0295. The molecule has 1 heterocycles. The molecule has 1 N–H and O–H groups in total. The average Bonchev–Trinajstić information content (AvgIpc) is 3.18. The van der Waals surface area contributed by atoms with Crippen LogP contribution in [0.2, 0.25) is 0 Å². The first-order valence-corrected chi connectivity index (χ1v) is 7.97. The molecule has 0 amide bonds. The molecule has 0 radical (unpaired) electrons. The van der Waals surface area contributed by atoms with Gasteiger partial charge in [0.2, 0.25) is 5.89 Å². The van der Waals surface area contributed by atoms with Crippen molar-refractivity contribution in [2.45, 2.75) is 39.8 Å². The van der Waals surface area contributed by atoms with Gasteiger partial charge in [-0.15, -0.1) is 0 Å². The van der Waals surface area contributed by atoms with Gasteiger partial charge in [-0.2, -0.15) is 0 Å². The number of carbonyl (C=O) groups is 1. The summed E-state index contributed by atoms with van der Waals surface area (Å²) >= 11 is 0. The lowest BCUT2D eigenvalue weighted by atomic mass is 10.1. The lowest BCUT2D eigenvalue weighted by Gasteiger charge is -2.22. The lowest BCUT2D eigenvalue weighted by molar-refractivity contribution is 0.0690. The smallest absolute Gasteiger partial charge is 0.357 e. The zero-order valence-electron chi connectivity index (χ0n) is 13.6. The molecule has 1 aromatic carbocycles. The van der Waals surface area contributed by atoms with Crippen LogP contribution in [0.4, 0.5) is 0 Å². The molecule has 0 spiro atoms. The van der Waals surface area contributed by atoms with Crippen molar-refractivity contribution in [2.75, 3.05) is 6.54 Å². The zero-order valence-corrected chi connectivity index (χ0v) is 13.6. The van der Waals surface area contributed by atoms with Crippen molar-refractivity contribution in [1.82, 2.24) is 9.88 Å². The fourth-order valence-corrected chi connectivity index (χ4v) is 2.74. The molecule has 5 nitrogen and oxygen atoms in total. The molecule has 0 atom stereocenters. The van der Waals surface area contributed by atoms with Gasteiger partial charge >= 0.3 is 5.97 Å². The number of aromatic nitrogens is 1. The standard InChI is InChI=1S/C18H22N2O3/c1-12-3-4-13(2)15(7-12)9-20(8-14-5-6-14)10-17-19-16(11-23-17)18(21)22/h3-4,7,11,14H,5-6,8-10H2,1-2H3,(H,21,22). The number of carboxylic acid groups (broad SMARTS) is 1. The Kier molecular flexibility index (Phi) is 4.48. The number of rotatable bonds is 7. The summed E-state index contributed by atoms with van der Waals surface area (Å²) in [6.07, 6.45) is 3.76. The van der Waals surface area contributed by atoms with Crippen molar-refractivity contribution in [2.24, 2.45) is 5.92 Å². The molecule has 0 unspecified atom stereocenters. The van der Waals surface area contributed by atoms with E-state index in [9.17, 15) is 4.79 Å². The Balaban J connectivity index is 1.74. The van der Waals surface area contributed by atoms with Gasteiger partial charge in [0.25, 0.3) is 0 Å². The molecular weight excluding hydrogens is 292 g/mol. The number of carboxylic acids is 1. The molecule has 3 rings (SSSR count). The first-order chi connectivity index (χ1) is 11.0. The Labute approximate surface area is 135 Å². The van der Waals surface area contributed by atoms with Crippen LogP contribution in [0.25, 0.3) is 0 Å². The van der Waals surface area contributed by atoms with E-state index in [4.69, 9.17) is 9.52 Å². The second kappa shape index (κ2) is 6.54. The normalized spacial score (nSPS) is 14.4. The topological polar surface area (TPSA) is 66.6 Å². The Morgan fingerprint density at radius 2 is 2.13 bits per heavy atom. The second-order valence-electron chi connectivity index (χ2n) is 6.47. The highest BCUT2D eigenvalue weighted by Gasteiger charge is 2.25. The maximum absolute atomic E-state index is 10.9. The lowest BCUT2D eigenvalue weighted by Crippen LogP contribution is -2.26. The molecule has 0 saturated heterocycles. The van der Waals surface area contributed by atoms with Gasteiger partial charge in [0, 0.05) is 13.1 Å². The van der Waals surface area contributed by atoms with E-state index in [0.29, 0.717) is 12.4 Å². The van der Waals surface area contributed by atoms with Crippen LogP contribution in [0.3, 0.4) is 0 Å². The van der Waals surface area contributed by atoms with Crippen LogP contribution in [0.15, 0.2) is 28.9 Å². The number of hydrogen-bond donors (Lipinski definition) is 1. The van der Waals surface area contributed by atoms with Crippen molar-refractivity contribution in [3.63, 3.8) is 0 Å². The van der Waals surface area contributed by atoms with Crippen molar-refractivity contribution in [3.05, 3.63) is 52.7 Å². The van der Waals surface area contributed by atoms with E-state index in [1.807, 2.05) is 0 Å². The summed E-state index contributed by atoms with van der Waals surface area (Å²) in [7, 11) is 0. The predicted octanol–water partition coefficient (Wildman–Crippen LogP) is 3.40. The Morgan fingerprint density at radius 1 is 1.35 bits per heavy atom. The summed E-state index contributed by atoms with van der Waals surface area (Å²) in [6.45, 7) is 6.59. The summed E-state index contributed by atoms with van der Waals surface area (Å²) in [5.41, 5.74) is 3.80. The van der Waals surface area contributed by atoms with E-state index in [2.05, 4.69) is 41.9 Å². The number of benzene rings is 1. The van der Waals surface area contributed by atoms with Crippen LogP contribution < -0.4 is 0 Å².